The SMILES string of the molecule is CCOc1ccc([C@H]2C(=C(O)c3c(C)nc4ccccn34)C(=O)C(=O)N2CCCN(C)C)cc1. The first kappa shape index (κ1) is 23.5. The maximum absolute atomic E-state index is 13.3. The van der Waals surface area contributed by atoms with Gasteiger partial charge in [-0.15, -0.1) is 0 Å². The topological polar surface area (TPSA) is 87.4 Å². The number of fused-ring (bicyclic) bond motifs is 1. The smallest absolute Gasteiger partial charge is 0.295 e. The first-order chi connectivity index (χ1) is 16.3. The van der Waals surface area contributed by atoms with Crippen molar-refractivity contribution in [3.05, 3.63) is 71.2 Å². The van der Waals surface area contributed by atoms with Crippen LogP contribution in [0.3, 0.4) is 0 Å². The molecule has 3 heterocycles. The van der Waals surface area contributed by atoms with E-state index < -0.39 is 17.7 Å². The standard InChI is InChI=1S/C26H30N4O4/c1-5-34-19-12-10-18(11-13-19)23-21(25(32)26(33)30(23)16-8-14-28(3)4)24(31)22-17(2)27-20-9-6-7-15-29(20)22/h6-7,9-13,15,23,31H,5,8,14,16H2,1-4H3/t23-/m0/s1. The molecular weight excluding hydrogens is 432 g/mol. The number of carbonyl (C=O) groups is 2. The molecule has 3 aromatic rings. The Hall–Kier alpha value is -3.65. The first-order valence-electron chi connectivity index (χ1n) is 11.4. The highest BCUT2D eigenvalue weighted by atomic mass is 16.5. The van der Waals surface area contributed by atoms with Gasteiger partial charge in [0, 0.05) is 12.7 Å². The van der Waals surface area contributed by atoms with Crippen LogP contribution in [-0.2, 0) is 9.59 Å². The van der Waals surface area contributed by atoms with Crippen LogP contribution in [0.5, 0.6) is 5.75 Å². The largest absolute Gasteiger partial charge is 0.505 e. The second-order valence-electron chi connectivity index (χ2n) is 8.63. The van der Waals surface area contributed by atoms with Gasteiger partial charge in [-0.2, -0.15) is 0 Å². The molecule has 8 heteroatoms. The number of nitrogens with zero attached hydrogens (tertiary/aromatic N) is 4. The van der Waals surface area contributed by atoms with Crippen molar-refractivity contribution in [2.75, 3.05) is 33.8 Å². The van der Waals surface area contributed by atoms with Gasteiger partial charge in [-0.25, -0.2) is 4.98 Å². The summed E-state index contributed by atoms with van der Waals surface area (Å²) in [6.07, 6.45) is 2.48. The van der Waals surface area contributed by atoms with Crippen LogP contribution in [-0.4, -0.2) is 69.8 Å². The van der Waals surface area contributed by atoms with Gasteiger partial charge >= 0.3 is 0 Å². The molecule has 1 aliphatic heterocycles. The molecule has 1 amide bonds. The fraction of sp³-hybridized carbons (Fsp3) is 0.346. The number of hydrogen-bond donors (Lipinski definition) is 1. The van der Waals surface area contributed by atoms with Gasteiger partial charge in [-0.05, 0) is 70.7 Å². The zero-order valence-electron chi connectivity index (χ0n) is 20.0. The van der Waals surface area contributed by atoms with Crippen molar-refractivity contribution in [3.63, 3.8) is 0 Å². The van der Waals surface area contributed by atoms with E-state index in [0.717, 1.165) is 12.1 Å². The summed E-state index contributed by atoms with van der Waals surface area (Å²) in [6.45, 7) is 5.39. The molecule has 0 bridgehead atoms. The van der Waals surface area contributed by atoms with Gasteiger partial charge < -0.3 is 19.6 Å². The lowest BCUT2D eigenvalue weighted by Crippen LogP contribution is -2.32. The molecule has 0 saturated carbocycles. The van der Waals surface area contributed by atoms with Crippen LogP contribution >= 0.6 is 0 Å². The molecule has 1 atom stereocenters. The summed E-state index contributed by atoms with van der Waals surface area (Å²) in [5.74, 6) is -0.811. The Morgan fingerprint density at radius 1 is 1.15 bits per heavy atom. The Balaban J connectivity index is 1.85. The second-order valence-corrected chi connectivity index (χ2v) is 8.63. The van der Waals surface area contributed by atoms with E-state index in [-0.39, 0.29) is 11.3 Å². The van der Waals surface area contributed by atoms with Crippen LogP contribution < -0.4 is 4.74 Å². The Kier molecular flexibility index (Phi) is 6.70. The van der Waals surface area contributed by atoms with Gasteiger partial charge in [0.05, 0.1) is 23.9 Å². The Morgan fingerprint density at radius 3 is 2.56 bits per heavy atom. The molecule has 1 fully saturated rings. The Morgan fingerprint density at radius 2 is 1.88 bits per heavy atom. The van der Waals surface area contributed by atoms with E-state index in [0.29, 0.717) is 42.4 Å². The number of carbonyl (C=O) groups excluding carboxylic acids is 2. The van der Waals surface area contributed by atoms with E-state index in [1.54, 1.807) is 22.4 Å². The fourth-order valence-corrected chi connectivity index (χ4v) is 4.45. The summed E-state index contributed by atoms with van der Waals surface area (Å²) in [5, 5.41) is 11.5. The van der Waals surface area contributed by atoms with Gasteiger partial charge in [-0.3, -0.25) is 14.0 Å². The van der Waals surface area contributed by atoms with Crippen LogP contribution in [0, 0.1) is 6.92 Å². The summed E-state index contributed by atoms with van der Waals surface area (Å²) in [7, 11) is 3.93. The maximum Gasteiger partial charge on any atom is 0.295 e. The van der Waals surface area contributed by atoms with Crippen LogP contribution in [0.1, 0.15) is 36.3 Å². The molecule has 178 valence electrons. The number of imidazole rings is 1. The van der Waals surface area contributed by atoms with Gasteiger partial charge in [0.15, 0.2) is 5.76 Å². The molecule has 1 saturated heterocycles. The zero-order valence-corrected chi connectivity index (χ0v) is 20.0. The van der Waals surface area contributed by atoms with E-state index >= 15 is 0 Å². The third-order valence-electron chi connectivity index (χ3n) is 5.98. The number of aliphatic hydroxyl groups is 1. The highest BCUT2D eigenvalue weighted by molar-refractivity contribution is 6.46. The molecule has 1 N–H and O–H groups in total. The number of aromatic nitrogens is 2. The number of rotatable bonds is 8. The van der Waals surface area contributed by atoms with Gasteiger partial charge in [0.2, 0.25) is 0 Å². The molecule has 34 heavy (non-hydrogen) atoms. The number of benzene rings is 1. The van der Waals surface area contributed by atoms with Gasteiger partial charge in [-0.1, -0.05) is 18.2 Å². The molecular formula is C26H30N4O4. The van der Waals surface area contributed by atoms with E-state index in [2.05, 4.69) is 4.98 Å². The quantitative estimate of drug-likeness (QED) is 0.314. The number of likely N-dealkylation sites (tertiary alicyclic amines) is 1. The predicted molar refractivity (Wildman–Crippen MR) is 130 cm³/mol. The lowest BCUT2D eigenvalue weighted by atomic mass is 9.96. The molecule has 1 aliphatic rings. The summed E-state index contributed by atoms with van der Waals surface area (Å²) in [6, 6.07) is 12.1. The number of ether oxygens (including phenoxy) is 1. The minimum absolute atomic E-state index is 0.0766. The van der Waals surface area contributed by atoms with Crippen molar-refractivity contribution in [1.29, 1.82) is 0 Å². The molecule has 0 spiro atoms. The average molecular weight is 463 g/mol. The Labute approximate surface area is 199 Å². The van der Waals surface area contributed by atoms with Crippen LogP contribution in [0.4, 0.5) is 0 Å². The highest BCUT2D eigenvalue weighted by Crippen LogP contribution is 2.40. The summed E-state index contributed by atoms with van der Waals surface area (Å²) in [4.78, 5) is 34.5. The molecule has 4 rings (SSSR count). The van der Waals surface area contributed by atoms with Crippen molar-refractivity contribution in [2.45, 2.75) is 26.3 Å². The van der Waals surface area contributed by atoms with Crippen molar-refractivity contribution in [2.24, 2.45) is 0 Å². The Bertz CT molecular complexity index is 1240. The fourth-order valence-electron chi connectivity index (χ4n) is 4.45. The summed E-state index contributed by atoms with van der Waals surface area (Å²) >= 11 is 0. The van der Waals surface area contributed by atoms with Gasteiger partial charge in [0.25, 0.3) is 11.7 Å². The molecule has 1 aromatic carbocycles. The van der Waals surface area contributed by atoms with Crippen molar-refractivity contribution < 1.29 is 19.4 Å². The van der Waals surface area contributed by atoms with E-state index in [9.17, 15) is 14.7 Å². The normalized spacial score (nSPS) is 17.8. The predicted octanol–water partition coefficient (Wildman–Crippen LogP) is 3.41. The molecule has 0 unspecified atom stereocenters. The minimum Gasteiger partial charge on any atom is -0.505 e. The number of ketones is 1. The summed E-state index contributed by atoms with van der Waals surface area (Å²) < 4.78 is 7.29. The number of amides is 1. The first-order valence-corrected chi connectivity index (χ1v) is 11.4. The average Bonchev–Trinajstić information content (AvgIpc) is 3.27. The molecule has 0 radical (unpaired) electrons. The van der Waals surface area contributed by atoms with Crippen LogP contribution in [0.15, 0.2) is 54.2 Å². The number of Topliss-reactive ketones (excluding diaryl/α,β-unsaturated/α-hetero) is 1. The lowest BCUT2D eigenvalue weighted by Gasteiger charge is -2.26. The lowest BCUT2D eigenvalue weighted by molar-refractivity contribution is -0.139. The number of aliphatic hydroxyl groups excluding tert-OH is 1. The third kappa shape index (κ3) is 4.28. The second kappa shape index (κ2) is 9.69. The summed E-state index contributed by atoms with van der Waals surface area (Å²) in [5.41, 5.74) is 2.46. The van der Waals surface area contributed by atoms with E-state index in [1.165, 1.54) is 0 Å². The van der Waals surface area contributed by atoms with Crippen molar-refractivity contribution in [3.8, 4) is 5.75 Å². The number of hydrogen-bond acceptors (Lipinski definition) is 6. The third-order valence-corrected chi connectivity index (χ3v) is 5.98. The van der Waals surface area contributed by atoms with Crippen LogP contribution in [0.2, 0.25) is 0 Å². The minimum atomic E-state index is -0.702. The zero-order chi connectivity index (χ0) is 24.4. The monoisotopic (exact) mass is 462 g/mol. The van der Waals surface area contributed by atoms with Crippen molar-refractivity contribution >= 4 is 23.1 Å². The molecule has 2 aromatic heterocycles. The molecule has 0 aliphatic carbocycles. The number of pyridine rings is 1. The van der Waals surface area contributed by atoms with Crippen LogP contribution in [0.25, 0.3) is 11.4 Å². The maximum atomic E-state index is 13.3. The molecule has 8 nitrogen and oxygen atoms in total. The van der Waals surface area contributed by atoms with Crippen molar-refractivity contribution in [1.82, 2.24) is 19.2 Å². The number of aryl methyl sites for hydroxylation is 1. The van der Waals surface area contributed by atoms with E-state index in [1.807, 2.05) is 68.4 Å². The highest BCUT2D eigenvalue weighted by Gasteiger charge is 2.46. The van der Waals surface area contributed by atoms with Gasteiger partial charge in [0.1, 0.15) is 17.1 Å². The van der Waals surface area contributed by atoms with E-state index in [4.69, 9.17) is 4.74 Å².